The van der Waals surface area contributed by atoms with E-state index in [0.29, 0.717) is 11.3 Å². The van der Waals surface area contributed by atoms with Gasteiger partial charge in [-0.15, -0.1) is 0 Å². The predicted molar refractivity (Wildman–Crippen MR) is 96.9 cm³/mol. The van der Waals surface area contributed by atoms with Crippen molar-refractivity contribution >= 4 is 22.6 Å². The van der Waals surface area contributed by atoms with Gasteiger partial charge >= 0.3 is 0 Å². The third-order valence-electron chi connectivity index (χ3n) is 3.90. The molecule has 3 aromatic carbocycles. The van der Waals surface area contributed by atoms with Crippen LogP contribution in [0, 0.1) is 0 Å². The number of ketones is 1. The van der Waals surface area contributed by atoms with Crippen molar-refractivity contribution < 1.29 is 14.3 Å². The van der Waals surface area contributed by atoms with E-state index in [1.165, 1.54) is 0 Å². The first kappa shape index (κ1) is 15.8. The molecule has 0 atom stereocenters. The molecule has 0 aliphatic carbocycles. The number of carbonyl (C=O) groups is 1. The van der Waals surface area contributed by atoms with Crippen molar-refractivity contribution in [3.63, 3.8) is 0 Å². The highest BCUT2D eigenvalue weighted by molar-refractivity contribution is 6.15. The van der Waals surface area contributed by atoms with Crippen LogP contribution in [-0.2, 0) is 0 Å². The number of benzene rings is 3. The van der Waals surface area contributed by atoms with Crippen LogP contribution in [0.15, 0.2) is 66.7 Å². The van der Waals surface area contributed by atoms with Gasteiger partial charge in [-0.05, 0) is 42.0 Å². The Labute approximate surface area is 141 Å². The fraction of sp³-hybridized carbons (Fsp3) is 0.0952. The lowest BCUT2D eigenvalue weighted by molar-refractivity contribution is 0.104. The van der Waals surface area contributed by atoms with Gasteiger partial charge < -0.3 is 9.47 Å². The van der Waals surface area contributed by atoms with Crippen molar-refractivity contribution in [3.05, 3.63) is 77.9 Å². The molecule has 0 amide bonds. The molecular formula is C21H18O3. The lowest BCUT2D eigenvalue weighted by atomic mass is 9.99. The van der Waals surface area contributed by atoms with Gasteiger partial charge in [-0.1, -0.05) is 36.4 Å². The quantitative estimate of drug-likeness (QED) is 0.503. The van der Waals surface area contributed by atoms with Crippen LogP contribution in [0.25, 0.3) is 16.8 Å². The topological polar surface area (TPSA) is 35.5 Å². The summed E-state index contributed by atoms with van der Waals surface area (Å²) in [4.78, 5) is 12.7. The Bertz CT molecular complexity index is 896. The summed E-state index contributed by atoms with van der Waals surface area (Å²) in [6.07, 6.45) is 3.41. The fourth-order valence-corrected chi connectivity index (χ4v) is 2.65. The standard InChI is InChI=1S/C21H18O3/c1-23-16-9-10-18-19(14-16)17(11-13-21(18)24-2)20(22)12-8-15-6-4-3-5-7-15/h3-14H,1-2H3/b12-8+. The zero-order valence-corrected chi connectivity index (χ0v) is 13.7. The molecule has 0 aromatic heterocycles. The van der Waals surface area contributed by atoms with E-state index in [2.05, 4.69) is 0 Å². The first-order chi connectivity index (χ1) is 11.7. The zero-order chi connectivity index (χ0) is 16.9. The van der Waals surface area contributed by atoms with Crippen LogP contribution in [0.5, 0.6) is 11.5 Å². The minimum absolute atomic E-state index is 0.0558. The summed E-state index contributed by atoms with van der Waals surface area (Å²) in [5.41, 5.74) is 1.61. The van der Waals surface area contributed by atoms with Crippen molar-refractivity contribution in [1.82, 2.24) is 0 Å². The van der Waals surface area contributed by atoms with Crippen molar-refractivity contribution in [2.24, 2.45) is 0 Å². The predicted octanol–water partition coefficient (Wildman–Crippen LogP) is 4.75. The average Bonchev–Trinajstić information content (AvgIpc) is 2.65. The first-order valence-electron chi connectivity index (χ1n) is 7.65. The van der Waals surface area contributed by atoms with Gasteiger partial charge in [-0.25, -0.2) is 0 Å². The molecule has 0 saturated heterocycles. The Balaban J connectivity index is 2.05. The maximum absolute atomic E-state index is 12.7. The smallest absolute Gasteiger partial charge is 0.186 e. The molecule has 3 aromatic rings. The molecular weight excluding hydrogens is 300 g/mol. The molecule has 0 spiro atoms. The lowest BCUT2D eigenvalue weighted by Gasteiger charge is -2.10. The van der Waals surface area contributed by atoms with E-state index < -0.39 is 0 Å². The molecule has 3 rings (SSSR count). The Morgan fingerprint density at radius 2 is 1.67 bits per heavy atom. The molecule has 3 nitrogen and oxygen atoms in total. The minimum Gasteiger partial charge on any atom is -0.497 e. The largest absolute Gasteiger partial charge is 0.497 e. The highest BCUT2D eigenvalue weighted by atomic mass is 16.5. The van der Waals surface area contributed by atoms with Crippen LogP contribution >= 0.6 is 0 Å². The van der Waals surface area contributed by atoms with Crippen LogP contribution in [0.2, 0.25) is 0 Å². The summed E-state index contributed by atoms with van der Waals surface area (Å²) in [6.45, 7) is 0. The van der Waals surface area contributed by atoms with Gasteiger partial charge in [0.2, 0.25) is 0 Å². The molecule has 3 heteroatoms. The van der Waals surface area contributed by atoms with E-state index in [1.807, 2.05) is 60.7 Å². The third kappa shape index (κ3) is 3.15. The molecule has 24 heavy (non-hydrogen) atoms. The maximum Gasteiger partial charge on any atom is 0.186 e. The van der Waals surface area contributed by atoms with Crippen molar-refractivity contribution in [2.75, 3.05) is 14.2 Å². The fourth-order valence-electron chi connectivity index (χ4n) is 2.65. The van der Waals surface area contributed by atoms with E-state index in [1.54, 1.807) is 26.4 Å². The SMILES string of the molecule is COc1ccc2c(OC)ccc(C(=O)/C=C/c3ccccc3)c2c1. The normalized spacial score (nSPS) is 10.9. The van der Waals surface area contributed by atoms with Gasteiger partial charge in [0, 0.05) is 16.3 Å². The number of rotatable bonds is 5. The maximum atomic E-state index is 12.7. The number of allylic oxidation sites excluding steroid dienone is 1. The summed E-state index contributed by atoms with van der Waals surface area (Å²) in [7, 11) is 3.23. The van der Waals surface area contributed by atoms with Gasteiger partial charge in [0.05, 0.1) is 14.2 Å². The second-order valence-corrected chi connectivity index (χ2v) is 5.34. The third-order valence-corrected chi connectivity index (χ3v) is 3.90. The molecule has 0 N–H and O–H groups in total. The second-order valence-electron chi connectivity index (χ2n) is 5.34. The van der Waals surface area contributed by atoms with Gasteiger partial charge in [-0.2, -0.15) is 0 Å². The molecule has 0 bridgehead atoms. The van der Waals surface area contributed by atoms with Gasteiger partial charge in [-0.3, -0.25) is 4.79 Å². The van der Waals surface area contributed by atoms with Crippen molar-refractivity contribution in [2.45, 2.75) is 0 Å². The van der Waals surface area contributed by atoms with Crippen LogP contribution in [0.4, 0.5) is 0 Å². The summed E-state index contributed by atoms with van der Waals surface area (Å²) >= 11 is 0. The molecule has 0 radical (unpaired) electrons. The molecule has 120 valence electrons. The monoisotopic (exact) mass is 318 g/mol. The summed E-state index contributed by atoms with van der Waals surface area (Å²) in [5, 5.41) is 1.70. The Kier molecular flexibility index (Phi) is 4.62. The highest BCUT2D eigenvalue weighted by Gasteiger charge is 2.12. The van der Waals surface area contributed by atoms with Crippen molar-refractivity contribution in [3.8, 4) is 11.5 Å². The summed E-state index contributed by atoms with van der Waals surface area (Å²) in [6, 6.07) is 19.0. The second kappa shape index (κ2) is 7.01. The van der Waals surface area contributed by atoms with E-state index in [0.717, 1.165) is 22.1 Å². The lowest BCUT2D eigenvalue weighted by Crippen LogP contribution is -1.98. The minimum atomic E-state index is -0.0558. The Morgan fingerprint density at radius 1 is 0.875 bits per heavy atom. The molecule has 0 unspecified atom stereocenters. The van der Waals surface area contributed by atoms with Crippen LogP contribution < -0.4 is 9.47 Å². The molecule has 0 aliphatic rings. The van der Waals surface area contributed by atoms with Crippen molar-refractivity contribution in [1.29, 1.82) is 0 Å². The number of methoxy groups -OCH3 is 2. The van der Waals surface area contributed by atoms with E-state index in [9.17, 15) is 4.79 Å². The van der Waals surface area contributed by atoms with E-state index >= 15 is 0 Å². The van der Waals surface area contributed by atoms with Crippen LogP contribution in [0.1, 0.15) is 15.9 Å². The van der Waals surface area contributed by atoms with E-state index in [-0.39, 0.29) is 5.78 Å². The molecule has 0 saturated carbocycles. The summed E-state index contributed by atoms with van der Waals surface area (Å²) < 4.78 is 10.7. The number of ether oxygens (including phenoxy) is 2. The number of fused-ring (bicyclic) bond motifs is 1. The molecule has 0 heterocycles. The van der Waals surface area contributed by atoms with E-state index in [4.69, 9.17) is 9.47 Å². The molecule has 0 fully saturated rings. The average molecular weight is 318 g/mol. The van der Waals surface area contributed by atoms with Gasteiger partial charge in [0.25, 0.3) is 0 Å². The Hall–Kier alpha value is -3.07. The Morgan fingerprint density at radius 3 is 2.38 bits per heavy atom. The van der Waals surface area contributed by atoms with Crippen LogP contribution in [0.3, 0.4) is 0 Å². The highest BCUT2D eigenvalue weighted by Crippen LogP contribution is 2.31. The number of hydrogen-bond donors (Lipinski definition) is 0. The zero-order valence-electron chi connectivity index (χ0n) is 13.7. The number of carbonyl (C=O) groups excluding carboxylic acids is 1. The first-order valence-corrected chi connectivity index (χ1v) is 7.65. The summed E-state index contributed by atoms with van der Waals surface area (Å²) in [5.74, 6) is 1.38. The molecule has 0 aliphatic heterocycles. The van der Waals surface area contributed by atoms with Gasteiger partial charge in [0.15, 0.2) is 5.78 Å². The number of hydrogen-bond acceptors (Lipinski definition) is 3. The van der Waals surface area contributed by atoms with Crippen LogP contribution in [-0.4, -0.2) is 20.0 Å². The van der Waals surface area contributed by atoms with Gasteiger partial charge in [0.1, 0.15) is 11.5 Å².